The molecular formula is C15H19FN4O2. The minimum Gasteiger partial charge on any atom is -0.444 e. The van der Waals surface area contributed by atoms with Crippen molar-refractivity contribution in [2.24, 2.45) is 5.11 Å². The fourth-order valence-corrected chi connectivity index (χ4v) is 2.48. The second kappa shape index (κ2) is 6.23. The number of hydrogen-bond donors (Lipinski definition) is 0. The van der Waals surface area contributed by atoms with Crippen molar-refractivity contribution in [1.82, 2.24) is 4.90 Å². The number of halogens is 1. The van der Waals surface area contributed by atoms with Gasteiger partial charge < -0.3 is 9.64 Å². The van der Waals surface area contributed by atoms with Gasteiger partial charge in [-0.15, -0.1) is 0 Å². The Morgan fingerprint density at radius 1 is 1.36 bits per heavy atom. The first-order valence-corrected chi connectivity index (χ1v) is 7.08. The van der Waals surface area contributed by atoms with Gasteiger partial charge >= 0.3 is 6.09 Å². The summed E-state index contributed by atoms with van der Waals surface area (Å²) in [7, 11) is 0. The van der Waals surface area contributed by atoms with E-state index in [2.05, 4.69) is 10.0 Å². The quantitative estimate of drug-likeness (QED) is 0.473. The summed E-state index contributed by atoms with van der Waals surface area (Å²) >= 11 is 0. The summed E-state index contributed by atoms with van der Waals surface area (Å²) in [6.07, 6.45) is -0.435. The van der Waals surface area contributed by atoms with E-state index in [0.29, 0.717) is 13.1 Å². The molecule has 1 amide bonds. The van der Waals surface area contributed by atoms with Gasteiger partial charge in [-0.2, -0.15) is 0 Å². The van der Waals surface area contributed by atoms with Crippen LogP contribution >= 0.6 is 0 Å². The molecule has 0 spiro atoms. The number of azide groups is 1. The maximum Gasteiger partial charge on any atom is 0.410 e. The highest BCUT2D eigenvalue weighted by Crippen LogP contribution is 2.31. The standard InChI is InChI=1S/C15H19FN4O2/c1-15(2,3)22-14(21)20-8-12(13(9-20)18-19-17)10-4-6-11(16)7-5-10/h4-7,12-13H,8-9H2,1-3H3/t12-,13-/m1/s1. The van der Waals surface area contributed by atoms with Gasteiger partial charge in [0.25, 0.3) is 0 Å². The van der Waals surface area contributed by atoms with Crippen LogP contribution in [0.5, 0.6) is 0 Å². The van der Waals surface area contributed by atoms with E-state index in [1.165, 1.54) is 17.0 Å². The van der Waals surface area contributed by atoms with Crippen LogP contribution in [0.3, 0.4) is 0 Å². The second-order valence-corrected chi connectivity index (χ2v) is 6.32. The minimum atomic E-state index is -0.584. The summed E-state index contributed by atoms with van der Waals surface area (Å²) in [6, 6.07) is 5.64. The first kappa shape index (κ1) is 16.1. The Kier molecular flexibility index (Phi) is 4.56. The number of rotatable bonds is 2. The van der Waals surface area contributed by atoms with E-state index >= 15 is 0 Å². The number of carbonyl (C=O) groups is 1. The Morgan fingerprint density at radius 2 is 2.00 bits per heavy atom. The number of ether oxygens (including phenoxy) is 1. The highest BCUT2D eigenvalue weighted by molar-refractivity contribution is 5.69. The molecule has 1 aliphatic rings. The molecule has 22 heavy (non-hydrogen) atoms. The van der Waals surface area contributed by atoms with Crippen molar-refractivity contribution in [2.75, 3.05) is 13.1 Å². The first-order valence-electron chi connectivity index (χ1n) is 7.08. The summed E-state index contributed by atoms with van der Waals surface area (Å²) in [4.78, 5) is 16.5. The van der Waals surface area contributed by atoms with Crippen molar-refractivity contribution in [1.29, 1.82) is 0 Å². The van der Waals surface area contributed by atoms with Gasteiger partial charge in [0.05, 0.1) is 6.04 Å². The molecule has 0 N–H and O–H groups in total. The van der Waals surface area contributed by atoms with E-state index in [4.69, 9.17) is 10.3 Å². The van der Waals surface area contributed by atoms with Gasteiger partial charge in [0.2, 0.25) is 0 Å². The van der Waals surface area contributed by atoms with Gasteiger partial charge in [-0.25, -0.2) is 9.18 Å². The summed E-state index contributed by atoms with van der Waals surface area (Å²) in [5, 5.41) is 3.77. The highest BCUT2D eigenvalue weighted by Gasteiger charge is 2.37. The van der Waals surface area contributed by atoms with Crippen molar-refractivity contribution < 1.29 is 13.9 Å². The van der Waals surface area contributed by atoms with Crippen LogP contribution in [-0.2, 0) is 4.74 Å². The zero-order valence-corrected chi connectivity index (χ0v) is 12.9. The van der Waals surface area contributed by atoms with E-state index in [1.54, 1.807) is 32.9 Å². The van der Waals surface area contributed by atoms with Crippen molar-refractivity contribution in [3.8, 4) is 0 Å². The predicted molar refractivity (Wildman–Crippen MR) is 79.9 cm³/mol. The Morgan fingerprint density at radius 3 is 2.55 bits per heavy atom. The Hall–Kier alpha value is -2.27. The lowest BCUT2D eigenvalue weighted by Crippen LogP contribution is -2.35. The molecule has 1 aliphatic heterocycles. The molecular weight excluding hydrogens is 287 g/mol. The SMILES string of the molecule is CC(C)(C)OC(=O)N1C[C@H](c2ccc(F)cc2)[C@H](N=[N+]=[N-])C1. The van der Waals surface area contributed by atoms with Crippen LogP contribution in [-0.4, -0.2) is 35.7 Å². The van der Waals surface area contributed by atoms with Crippen LogP contribution in [0, 0.1) is 5.82 Å². The smallest absolute Gasteiger partial charge is 0.410 e. The number of amides is 1. The average Bonchev–Trinajstić information content (AvgIpc) is 2.82. The van der Waals surface area contributed by atoms with Crippen molar-refractivity contribution in [3.05, 3.63) is 46.1 Å². The second-order valence-electron chi connectivity index (χ2n) is 6.32. The largest absolute Gasteiger partial charge is 0.444 e. The molecule has 1 saturated heterocycles. The number of carbonyl (C=O) groups excluding carboxylic acids is 1. The monoisotopic (exact) mass is 306 g/mol. The summed E-state index contributed by atoms with van der Waals surface area (Å²) in [5.74, 6) is -0.491. The Bertz CT molecular complexity index is 591. The minimum absolute atomic E-state index is 0.163. The fraction of sp³-hybridized carbons (Fsp3) is 0.533. The van der Waals surface area contributed by atoms with E-state index in [0.717, 1.165) is 5.56 Å². The van der Waals surface area contributed by atoms with Crippen LogP contribution in [0.15, 0.2) is 29.4 Å². The van der Waals surface area contributed by atoms with Gasteiger partial charge in [-0.1, -0.05) is 17.2 Å². The lowest BCUT2D eigenvalue weighted by atomic mass is 9.95. The summed E-state index contributed by atoms with van der Waals surface area (Å²) in [5.41, 5.74) is 8.96. The van der Waals surface area contributed by atoms with Crippen molar-refractivity contribution >= 4 is 6.09 Å². The molecule has 0 bridgehead atoms. The molecule has 0 saturated carbocycles. The van der Waals surface area contributed by atoms with Gasteiger partial charge in [-0.05, 0) is 44.0 Å². The Labute approximate surface area is 128 Å². The topological polar surface area (TPSA) is 78.3 Å². The number of nitrogens with zero attached hydrogens (tertiary/aromatic N) is 4. The fourth-order valence-electron chi connectivity index (χ4n) is 2.48. The third-order valence-corrected chi connectivity index (χ3v) is 3.44. The molecule has 1 fully saturated rings. The third kappa shape index (κ3) is 3.89. The molecule has 0 aromatic heterocycles. The molecule has 1 aromatic rings. The summed E-state index contributed by atoms with van der Waals surface area (Å²) < 4.78 is 18.4. The third-order valence-electron chi connectivity index (χ3n) is 3.44. The van der Waals surface area contributed by atoms with E-state index in [9.17, 15) is 9.18 Å². The van der Waals surface area contributed by atoms with Gasteiger partial charge in [-0.3, -0.25) is 0 Å². The molecule has 118 valence electrons. The molecule has 1 aromatic carbocycles. The zero-order chi connectivity index (χ0) is 16.3. The van der Waals surface area contributed by atoms with E-state index in [1.807, 2.05) is 0 Å². The zero-order valence-electron chi connectivity index (χ0n) is 12.9. The lowest BCUT2D eigenvalue weighted by molar-refractivity contribution is 0.0290. The van der Waals surface area contributed by atoms with Crippen molar-refractivity contribution in [2.45, 2.75) is 38.3 Å². The maximum absolute atomic E-state index is 13.0. The van der Waals surface area contributed by atoms with Crippen LogP contribution < -0.4 is 0 Å². The molecule has 2 atom stereocenters. The van der Waals surface area contributed by atoms with Crippen LogP contribution in [0.1, 0.15) is 32.3 Å². The van der Waals surface area contributed by atoms with Gasteiger partial charge in [0.1, 0.15) is 11.4 Å². The number of likely N-dealkylation sites (tertiary alicyclic amines) is 1. The number of hydrogen-bond acceptors (Lipinski definition) is 3. The summed E-state index contributed by atoms with van der Waals surface area (Å²) in [6.45, 7) is 6.06. The van der Waals surface area contributed by atoms with E-state index < -0.39 is 11.7 Å². The normalized spacial score (nSPS) is 21.4. The maximum atomic E-state index is 13.0. The van der Waals surface area contributed by atoms with Crippen molar-refractivity contribution in [3.63, 3.8) is 0 Å². The predicted octanol–water partition coefficient (Wildman–Crippen LogP) is 3.84. The first-order chi connectivity index (χ1) is 10.3. The van der Waals surface area contributed by atoms with Gasteiger partial charge in [0.15, 0.2) is 0 Å². The van der Waals surface area contributed by atoms with Crippen LogP contribution in [0.25, 0.3) is 10.4 Å². The van der Waals surface area contributed by atoms with Gasteiger partial charge in [0, 0.05) is 23.9 Å². The molecule has 1 heterocycles. The lowest BCUT2D eigenvalue weighted by Gasteiger charge is -2.24. The van der Waals surface area contributed by atoms with Crippen LogP contribution in [0.2, 0.25) is 0 Å². The van der Waals surface area contributed by atoms with E-state index in [-0.39, 0.29) is 17.8 Å². The molecule has 2 rings (SSSR count). The number of benzene rings is 1. The highest BCUT2D eigenvalue weighted by atomic mass is 19.1. The Balaban J connectivity index is 2.17. The molecule has 0 unspecified atom stereocenters. The molecule has 0 aliphatic carbocycles. The average molecular weight is 306 g/mol. The molecule has 7 heteroatoms. The molecule has 0 radical (unpaired) electrons. The van der Waals surface area contributed by atoms with Crippen LogP contribution in [0.4, 0.5) is 9.18 Å². The molecule has 6 nitrogen and oxygen atoms in total.